The van der Waals surface area contributed by atoms with Crippen molar-refractivity contribution in [3.63, 3.8) is 0 Å². The first kappa shape index (κ1) is 31.6. The molecule has 0 bridgehead atoms. The Morgan fingerprint density at radius 2 is 1.55 bits per heavy atom. The zero-order valence-corrected chi connectivity index (χ0v) is 26.9. The third-order valence-corrected chi connectivity index (χ3v) is 7.85. The molecule has 3 aromatic carbocycles. The van der Waals surface area contributed by atoms with Crippen LogP contribution in [0.15, 0.2) is 95.8 Å². The average molecular weight is 637 g/mol. The molecular weight excluding hydrogens is 599 g/mol. The normalized spacial score (nSPS) is 13.4. The summed E-state index contributed by atoms with van der Waals surface area (Å²) in [6.07, 6.45) is 1.80. The molecule has 3 heterocycles. The molecule has 5 aromatic rings. The molecule has 242 valence electrons. The van der Waals surface area contributed by atoms with E-state index in [2.05, 4.69) is 4.98 Å². The zero-order chi connectivity index (χ0) is 33.1. The molecule has 2 aromatic heterocycles. The maximum Gasteiger partial charge on any atom is 0.410 e. The Balaban J connectivity index is 1.38. The molecule has 1 amide bonds. The number of halogens is 1. The fraction of sp³-hybridized carbons (Fsp3) is 0.270. The van der Waals surface area contributed by atoms with E-state index in [4.69, 9.17) is 14.2 Å². The third kappa shape index (κ3) is 6.91. The quantitative estimate of drug-likeness (QED) is 0.182. The maximum atomic E-state index is 15.6. The van der Waals surface area contributed by atoms with Crippen molar-refractivity contribution in [3.8, 4) is 17.4 Å². The number of rotatable bonds is 8. The SMILES string of the molecule is Cn1c(=O)n(-c2ccc(OCc3ccccc3)nc2OCc2ccccc2)c2ccc(F)c(C3=CCN(C(=O)OC(C)(C)C)CC3)c21. The van der Waals surface area contributed by atoms with E-state index in [1.165, 1.54) is 15.2 Å². The number of carbonyl (C=O) groups excluding carboxylic acids is 1. The lowest BCUT2D eigenvalue weighted by atomic mass is 9.97. The van der Waals surface area contributed by atoms with Gasteiger partial charge in [-0.3, -0.25) is 9.13 Å². The van der Waals surface area contributed by atoms with Gasteiger partial charge in [-0.25, -0.2) is 14.0 Å². The van der Waals surface area contributed by atoms with Gasteiger partial charge in [0.15, 0.2) is 0 Å². The van der Waals surface area contributed by atoms with Gasteiger partial charge in [0.1, 0.15) is 30.3 Å². The van der Waals surface area contributed by atoms with Gasteiger partial charge >= 0.3 is 11.8 Å². The first-order valence-electron chi connectivity index (χ1n) is 15.5. The van der Waals surface area contributed by atoms with Crippen molar-refractivity contribution in [1.29, 1.82) is 0 Å². The maximum absolute atomic E-state index is 15.6. The highest BCUT2D eigenvalue weighted by Crippen LogP contribution is 2.34. The van der Waals surface area contributed by atoms with E-state index in [1.807, 2.05) is 87.5 Å². The van der Waals surface area contributed by atoms with Crippen molar-refractivity contribution < 1.29 is 23.4 Å². The monoisotopic (exact) mass is 636 g/mol. The molecule has 9 nitrogen and oxygen atoms in total. The molecule has 0 fully saturated rings. The number of pyridine rings is 1. The van der Waals surface area contributed by atoms with Gasteiger partial charge in [-0.05, 0) is 62.1 Å². The van der Waals surface area contributed by atoms with Crippen LogP contribution >= 0.6 is 0 Å². The summed E-state index contributed by atoms with van der Waals surface area (Å²) in [4.78, 5) is 32.8. The first-order chi connectivity index (χ1) is 22.6. The van der Waals surface area contributed by atoms with E-state index in [1.54, 1.807) is 30.1 Å². The largest absolute Gasteiger partial charge is 0.473 e. The molecule has 0 atom stereocenters. The van der Waals surface area contributed by atoms with Crippen molar-refractivity contribution in [3.05, 3.63) is 124 Å². The molecule has 0 unspecified atom stereocenters. The van der Waals surface area contributed by atoms with Crippen LogP contribution in [0.2, 0.25) is 0 Å². The lowest BCUT2D eigenvalue weighted by molar-refractivity contribution is 0.0270. The number of hydrogen-bond donors (Lipinski definition) is 0. The minimum Gasteiger partial charge on any atom is -0.473 e. The summed E-state index contributed by atoms with van der Waals surface area (Å²) >= 11 is 0. The van der Waals surface area contributed by atoms with Gasteiger partial charge in [0.05, 0.1) is 11.0 Å². The van der Waals surface area contributed by atoms with Crippen LogP contribution in [0, 0.1) is 5.82 Å². The Hall–Kier alpha value is -5.38. The van der Waals surface area contributed by atoms with Crippen LogP contribution in [-0.2, 0) is 25.0 Å². The highest BCUT2D eigenvalue weighted by molar-refractivity contribution is 5.92. The molecule has 0 N–H and O–H groups in total. The van der Waals surface area contributed by atoms with E-state index in [0.717, 1.165) is 11.1 Å². The van der Waals surface area contributed by atoms with Gasteiger partial charge in [0, 0.05) is 31.8 Å². The van der Waals surface area contributed by atoms with E-state index in [-0.39, 0.29) is 24.7 Å². The molecule has 0 spiro atoms. The fourth-order valence-corrected chi connectivity index (χ4v) is 5.58. The van der Waals surface area contributed by atoms with E-state index >= 15 is 4.39 Å². The number of hydrogen-bond acceptors (Lipinski definition) is 6. The summed E-state index contributed by atoms with van der Waals surface area (Å²) < 4.78 is 36.3. The topological polar surface area (TPSA) is 87.8 Å². The van der Waals surface area contributed by atoms with Gasteiger partial charge in [0.25, 0.3) is 0 Å². The van der Waals surface area contributed by atoms with Crippen LogP contribution < -0.4 is 15.2 Å². The van der Waals surface area contributed by atoms with Crippen LogP contribution in [0.4, 0.5) is 9.18 Å². The Labute approximate surface area is 272 Å². The lowest BCUT2D eigenvalue weighted by Gasteiger charge is -2.29. The number of nitrogens with zero attached hydrogens (tertiary/aromatic N) is 4. The molecule has 0 radical (unpaired) electrons. The van der Waals surface area contributed by atoms with Gasteiger partial charge in [0.2, 0.25) is 11.8 Å². The molecule has 1 aliphatic heterocycles. The smallest absolute Gasteiger partial charge is 0.410 e. The van der Waals surface area contributed by atoms with Crippen LogP contribution in [0.5, 0.6) is 11.8 Å². The molecule has 0 saturated carbocycles. The van der Waals surface area contributed by atoms with Gasteiger partial charge < -0.3 is 19.1 Å². The molecular formula is C37H37FN4O5. The number of aromatic nitrogens is 3. The Morgan fingerprint density at radius 1 is 0.894 bits per heavy atom. The zero-order valence-electron chi connectivity index (χ0n) is 26.9. The summed E-state index contributed by atoms with van der Waals surface area (Å²) in [6, 6.07) is 25.8. The third-order valence-electron chi connectivity index (χ3n) is 7.85. The summed E-state index contributed by atoms with van der Waals surface area (Å²) in [7, 11) is 1.62. The van der Waals surface area contributed by atoms with E-state index in [9.17, 15) is 9.59 Å². The predicted molar refractivity (Wildman–Crippen MR) is 178 cm³/mol. The second kappa shape index (κ2) is 13.2. The second-order valence-corrected chi connectivity index (χ2v) is 12.4. The number of amides is 1. The molecule has 1 aliphatic rings. The minimum absolute atomic E-state index is 0.199. The fourth-order valence-electron chi connectivity index (χ4n) is 5.58. The number of fused-ring (bicyclic) bond motifs is 1. The van der Waals surface area contributed by atoms with Crippen molar-refractivity contribution in [2.45, 2.75) is 46.0 Å². The number of carbonyl (C=O) groups is 1. The highest BCUT2D eigenvalue weighted by Gasteiger charge is 2.27. The molecule has 0 aliphatic carbocycles. The summed E-state index contributed by atoms with van der Waals surface area (Å²) in [5.74, 6) is 0.0814. The molecule has 0 saturated heterocycles. The summed E-state index contributed by atoms with van der Waals surface area (Å²) in [5.41, 5.74) is 3.27. The molecule has 10 heteroatoms. The van der Waals surface area contributed by atoms with Crippen LogP contribution in [0.3, 0.4) is 0 Å². The second-order valence-electron chi connectivity index (χ2n) is 12.4. The average Bonchev–Trinajstić information content (AvgIpc) is 3.32. The standard InChI is InChI=1S/C37H37FN4O5/c1-37(2,3)47-36(44)41-21-19-27(20-22-41)32-28(38)15-16-29-33(32)40(4)35(43)42(29)30-17-18-31(45-23-25-11-7-5-8-12-25)39-34(30)46-24-26-13-9-6-10-14-26/h5-19H,20-24H2,1-4H3. The number of aryl methyl sites for hydroxylation is 1. The predicted octanol–water partition coefficient (Wildman–Crippen LogP) is 7.05. The van der Waals surface area contributed by atoms with Crippen LogP contribution in [0.25, 0.3) is 22.3 Å². The Bertz CT molecular complexity index is 2000. The summed E-state index contributed by atoms with van der Waals surface area (Å²) in [6.45, 7) is 6.59. The van der Waals surface area contributed by atoms with Crippen molar-refractivity contribution in [2.24, 2.45) is 7.05 Å². The van der Waals surface area contributed by atoms with Gasteiger partial charge in [-0.2, -0.15) is 4.98 Å². The number of benzene rings is 3. The van der Waals surface area contributed by atoms with Crippen molar-refractivity contribution in [1.82, 2.24) is 19.0 Å². The molecule has 6 rings (SSSR count). The van der Waals surface area contributed by atoms with Gasteiger partial charge in [-0.15, -0.1) is 0 Å². The van der Waals surface area contributed by atoms with Crippen LogP contribution in [0.1, 0.15) is 43.9 Å². The Morgan fingerprint density at radius 3 is 2.17 bits per heavy atom. The van der Waals surface area contributed by atoms with Crippen molar-refractivity contribution >= 4 is 22.7 Å². The molecule has 47 heavy (non-hydrogen) atoms. The van der Waals surface area contributed by atoms with Crippen LogP contribution in [-0.4, -0.2) is 43.8 Å². The van der Waals surface area contributed by atoms with Crippen molar-refractivity contribution in [2.75, 3.05) is 13.1 Å². The minimum atomic E-state index is -0.620. The summed E-state index contributed by atoms with van der Waals surface area (Å²) in [5, 5.41) is 0. The van der Waals surface area contributed by atoms with E-state index in [0.29, 0.717) is 53.3 Å². The Kier molecular flexibility index (Phi) is 8.84. The van der Waals surface area contributed by atoms with Gasteiger partial charge in [-0.1, -0.05) is 66.7 Å². The lowest BCUT2D eigenvalue weighted by Crippen LogP contribution is -2.39. The van der Waals surface area contributed by atoms with E-state index < -0.39 is 17.5 Å². The highest BCUT2D eigenvalue weighted by atomic mass is 19.1. The first-order valence-corrected chi connectivity index (χ1v) is 15.5. The number of ether oxygens (including phenoxy) is 3. The number of imidazole rings is 1.